The van der Waals surface area contributed by atoms with Crippen LogP contribution in [0, 0.1) is 0 Å². The summed E-state index contributed by atoms with van der Waals surface area (Å²) < 4.78 is 5.53. The van der Waals surface area contributed by atoms with Crippen LogP contribution in [-0.2, 0) is 5.60 Å². The average Bonchev–Trinajstić information content (AvgIpc) is 2.53. The van der Waals surface area contributed by atoms with E-state index >= 15 is 0 Å². The minimum atomic E-state index is -1.16. The molecule has 1 aliphatic heterocycles. The first-order chi connectivity index (χ1) is 11.0. The fourth-order valence-electron chi connectivity index (χ4n) is 2.62. The molecule has 23 heavy (non-hydrogen) atoms. The molecule has 0 aliphatic carbocycles. The van der Waals surface area contributed by atoms with Gasteiger partial charge in [-0.1, -0.05) is 41.4 Å². The van der Waals surface area contributed by atoms with Gasteiger partial charge in [0.15, 0.2) is 0 Å². The SMILES string of the molecule is O=C(NCC1(O)CCOc2ccccc21)c1ccc(Cl)cc1Cl. The predicted octanol–water partition coefficient (Wildman–Crippen LogP) is 3.39. The highest BCUT2D eigenvalue weighted by molar-refractivity contribution is 6.36. The van der Waals surface area contributed by atoms with Crippen molar-refractivity contribution in [2.75, 3.05) is 13.2 Å². The van der Waals surface area contributed by atoms with Crippen LogP contribution in [0.25, 0.3) is 0 Å². The molecule has 4 nitrogen and oxygen atoms in total. The Morgan fingerprint density at radius 2 is 2.04 bits per heavy atom. The predicted molar refractivity (Wildman–Crippen MR) is 89.2 cm³/mol. The lowest BCUT2D eigenvalue weighted by Gasteiger charge is -2.34. The summed E-state index contributed by atoms with van der Waals surface area (Å²) in [4.78, 5) is 12.3. The van der Waals surface area contributed by atoms with Gasteiger partial charge in [-0.05, 0) is 24.3 Å². The van der Waals surface area contributed by atoms with Crippen LogP contribution in [0.3, 0.4) is 0 Å². The molecule has 0 bridgehead atoms. The molecule has 0 aromatic heterocycles. The van der Waals surface area contributed by atoms with Crippen molar-refractivity contribution < 1.29 is 14.6 Å². The molecule has 6 heteroatoms. The van der Waals surface area contributed by atoms with Crippen LogP contribution in [0.5, 0.6) is 5.75 Å². The normalized spacial score (nSPS) is 19.6. The van der Waals surface area contributed by atoms with Crippen LogP contribution >= 0.6 is 23.2 Å². The van der Waals surface area contributed by atoms with Gasteiger partial charge >= 0.3 is 0 Å². The molecular formula is C17H15Cl2NO3. The molecule has 1 unspecified atom stereocenters. The van der Waals surface area contributed by atoms with Crippen molar-refractivity contribution >= 4 is 29.1 Å². The van der Waals surface area contributed by atoms with E-state index in [0.29, 0.717) is 34.9 Å². The van der Waals surface area contributed by atoms with Gasteiger partial charge in [0, 0.05) is 17.0 Å². The number of para-hydroxylation sites is 1. The molecule has 0 fully saturated rings. The molecule has 0 saturated heterocycles. The number of ether oxygens (including phenoxy) is 1. The van der Waals surface area contributed by atoms with Crippen LogP contribution in [0.2, 0.25) is 10.0 Å². The van der Waals surface area contributed by atoms with Crippen LogP contribution in [0.15, 0.2) is 42.5 Å². The van der Waals surface area contributed by atoms with E-state index in [4.69, 9.17) is 27.9 Å². The van der Waals surface area contributed by atoms with Crippen LogP contribution in [0.4, 0.5) is 0 Å². The Kier molecular flexibility index (Phi) is 4.48. The second-order valence-corrected chi connectivity index (χ2v) is 6.28. The molecule has 2 aromatic carbocycles. The van der Waals surface area contributed by atoms with Gasteiger partial charge in [-0.3, -0.25) is 4.79 Å². The van der Waals surface area contributed by atoms with Gasteiger partial charge in [-0.15, -0.1) is 0 Å². The molecule has 0 radical (unpaired) electrons. The summed E-state index contributed by atoms with van der Waals surface area (Å²) >= 11 is 11.9. The molecule has 120 valence electrons. The molecule has 0 spiro atoms. The van der Waals surface area contributed by atoms with E-state index in [2.05, 4.69) is 5.32 Å². The molecular weight excluding hydrogens is 337 g/mol. The first kappa shape index (κ1) is 16.1. The molecule has 1 heterocycles. The number of carbonyl (C=O) groups excluding carboxylic acids is 1. The van der Waals surface area contributed by atoms with Crippen molar-refractivity contribution in [2.45, 2.75) is 12.0 Å². The molecule has 1 aliphatic rings. The number of carbonyl (C=O) groups is 1. The molecule has 1 atom stereocenters. The van der Waals surface area contributed by atoms with E-state index in [0.717, 1.165) is 0 Å². The van der Waals surface area contributed by atoms with Gasteiger partial charge in [0.25, 0.3) is 5.91 Å². The van der Waals surface area contributed by atoms with Gasteiger partial charge in [0.2, 0.25) is 0 Å². The first-order valence-electron chi connectivity index (χ1n) is 7.17. The number of nitrogens with one attached hydrogen (secondary N) is 1. The van der Waals surface area contributed by atoms with Gasteiger partial charge in [-0.2, -0.15) is 0 Å². The Hall–Kier alpha value is -1.75. The Morgan fingerprint density at radius 3 is 2.83 bits per heavy atom. The zero-order valence-corrected chi connectivity index (χ0v) is 13.7. The number of hydrogen-bond donors (Lipinski definition) is 2. The maximum absolute atomic E-state index is 12.3. The first-order valence-corrected chi connectivity index (χ1v) is 7.93. The lowest BCUT2D eigenvalue weighted by atomic mass is 9.88. The summed E-state index contributed by atoms with van der Waals surface area (Å²) in [6.45, 7) is 0.468. The smallest absolute Gasteiger partial charge is 0.252 e. The fraction of sp³-hybridized carbons (Fsp3) is 0.235. The standard InChI is InChI=1S/C17H15Cl2NO3/c18-11-5-6-12(14(19)9-11)16(21)20-10-17(22)7-8-23-15-4-2-1-3-13(15)17/h1-6,9,22H,7-8,10H2,(H,20,21). The Balaban J connectivity index is 1.77. The summed E-state index contributed by atoms with van der Waals surface area (Å²) in [5.41, 5.74) is -0.169. The average molecular weight is 352 g/mol. The second kappa shape index (κ2) is 6.40. The summed E-state index contributed by atoms with van der Waals surface area (Å²) in [6, 6.07) is 11.9. The van der Waals surface area contributed by atoms with E-state index in [1.54, 1.807) is 24.3 Å². The van der Waals surface area contributed by atoms with E-state index in [9.17, 15) is 9.90 Å². The number of aliphatic hydroxyl groups is 1. The quantitative estimate of drug-likeness (QED) is 0.890. The van der Waals surface area contributed by atoms with Crippen LogP contribution < -0.4 is 10.1 Å². The summed E-state index contributed by atoms with van der Waals surface area (Å²) in [5, 5.41) is 14.4. The summed E-state index contributed by atoms with van der Waals surface area (Å²) in [7, 11) is 0. The Morgan fingerprint density at radius 1 is 1.26 bits per heavy atom. The molecule has 0 saturated carbocycles. The van der Waals surface area contributed by atoms with Crippen LogP contribution in [-0.4, -0.2) is 24.2 Å². The van der Waals surface area contributed by atoms with E-state index in [-0.39, 0.29) is 17.5 Å². The van der Waals surface area contributed by atoms with E-state index in [1.165, 1.54) is 6.07 Å². The van der Waals surface area contributed by atoms with Gasteiger partial charge in [0.05, 0.1) is 23.7 Å². The van der Waals surface area contributed by atoms with Crippen molar-refractivity contribution in [3.63, 3.8) is 0 Å². The second-order valence-electron chi connectivity index (χ2n) is 5.43. The number of fused-ring (bicyclic) bond motifs is 1. The number of hydrogen-bond acceptors (Lipinski definition) is 3. The molecule has 3 rings (SSSR count). The summed E-state index contributed by atoms with van der Waals surface area (Å²) in [6.07, 6.45) is 0.401. The lowest BCUT2D eigenvalue weighted by Crippen LogP contribution is -2.44. The number of rotatable bonds is 3. The Bertz CT molecular complexity index is 750. The maximum Gasteiger partial charge on any atom is 0.252 e. The zero-order valence-electron chi connectivity index (χ0n) is 12.2. The zero-order chi connectivity index (χ0) is 16.4. The molecule has 1 amide bonds. The summed E-state index contributed by atoms with van der Waals surface area (Å²) in [5.74, 6) is 0.282. The van der Waals surface area contributed by atoms with E-state index < -0.39 is 5.60 Å². The minimum Gasteiger partial charge on any atom is -0.493 e. The Labute approximate surface area is 144 Å². The highest BCUT2D eigenvalue weighted by Gasteiger charge is 2.35. The number of benzene rings is 2. The minimum absolute atomic E-state index is 0.0746. The van der Waals surface area contributed by atoms with Gasteiger partial charge in [0.1, 0.15) is 11.4 Å². The van der Waals surface area contributed by atoms with Crippen molar-refractivity contribution in [3.05, 3.63) is 63.6 Å². The number of amides is 1. The lowest BCUT2D eigenvalue weighted by molar-refractivity contribution is -0.00160. The van der Waals surface area contributed by atoms with Crippen molar-refractivity contribution in [3.8, 4) is 5.75 Å². The maximum atomic E-state index is 12.3. The third-order valence-electron chi connectivity index (χ3n) is 3.88. The van der Waals surface area contributed by atoms with Crippen molar-refractivity contribution in [1.82, 2.24) is 5.32 Å². The topological polar surface area (TPSA) is 58.6 Å². The van der Waals surface area contributed by atoms with Crippen LogP contribution in [0.1, 0.15) is 22.3 Å². The molecule has 2 N–H and O–H groups in total. The third kappa shape index (κ3) is 3.29. The van der Waals surface area contributed by atoms with Gasteiger partial charge < -0.3 is 15.2 Å². The van der Waals surface area contributed by atoms with Gasteiger partial charge in [-0.25, -0.2) is 0 Å². The largest absolute Gasteiger partial charge is 0.493 e. The van der Waals surface area contributed by atoms with E-state index in [1.807, 2.05) is 12.1 Å². The molecule has 2 aromatic rings. The fourth-order valence-corrected chi connectivity index (χ4v) is 3.11. The highest BCUT2D eigenvalue weighted by Crippen LogP contribution is 2.36. The highest BCUT2D eigenvalue weighted by atomic mass is 35.5. The monoisotopic (exact) mass is 351 g/mol. The number of halogens is 2. The third-order valence-corrected chi connectivity index (χ3v) is 4.43. The van der Waals surface area contributed by atoms with Crippen molar-refractivity contribution in [1.29, 1.82) is 0 Å². The van der Waals surface area contributed by atoms with Crippen molar-refractivity contribution in [2.24, 2.45) is 0 Å².